The molecule has 17 heavy (non-hydrogen) atoms. The Morgan fingerprint density at radius 2 is 1.82 bits per heavy atom. The maximum atomic E-state index is 5.64. The third-order valence-corrected chi connectivity index (χ3v) is 2.28. The Labute approximate surface area is 103 Å². The summed E-state index contributed by atoms with van der Waals surface area (Å²) in [6.07, 6.45) is 1.06. The summed E-state index contributed by atoms with van der Waals surface area (Å²) < 4.78 is 11.1. The van der Waals surface area contributed by atoms with Crippen molar-refractivity contribution in [3.63, 3.8) is 0 Å². The van der Waals surface area contributed by atoms with Gasteiger partial charge in [-0.15, -0.1) is 0 Å². The first-order valence-corrected chi connectivity index (χ1v) is 6.01. The maximum absolute atomic E-state index is 5.64. The van der Waals surface area contributed by atoms with Gasteiger partial charge in [0.2, 0.25) is 0 Å². The van der Waals surface area contributed by atoms with Gasteiger partial charge in [0.25, 0.3) is 0 Å². The van der Waals surface area contributed by atoms with Crippen LogP contribution in [0.3, 0.4) is 0 Å². The Kier molecular flexibility index (Phi) is 6.43. The summed E-state index contributed by atoms with van der Waals surface area (Å²) in [4.78, 5) is 0. The monoisotopic (exact) mass is 238 g/mol. The van der Waals surface area contributed by atoms with Crippen LogP contribution in [0.2, 0.25) is 0 Å². The van der Waals surface area contributed by atoms with Crippen LogP contribution in [0, 0.1) is 5.92 Å². The fourth-order valence-electron chi connectivity index (χ4n) is 1.29. The Balaban J connectivity index is 2.37. The molecule has 0 radical (unpaired) electrons. The molecule has 1 aromatic rings. The van der Waals surface area contributed by atoms with E-state index in [1.165, 1.54) is 0 Å². The van der Waals surface area contributed by atoms with Crippen molar-refractivity contribution >= 4 is 0 Å². The van der Waals surface area contributed by atoms with Crippen molar-refractivity contribution in [1.82, 2.24) is 5.43 Å². The standard InChI is InChI=1S/C13H22N2O2/c1-11(2)6-8-16-12-4-3-5-13(10-12)17-9-7-15-14/h3-5,10-11,15H,6-9,14H2,1-2H3. The molecular weight excluding hydrogens is 216 g/mol. The maximum Gasteiger partial charge on any atom is 0.123 e. The molecule has 0 aliphatic heterocycles. The van der Waals surface area contributed by atoms with E-state index in [-0.39, 0.29) is 0 Å². The van der Waals surface area contributed by atoms with Crippen molar-refractivity contribution in [1.29, 1.82) is 0 Å². The highest BCUT2D eigenvalue weighted by Crippen LogP contribution is 2.19. The molecule has 0 atom stereocenters. The molecule has 0 aliphatic carbocycles. The minimum absolute atomic E-state index is 0.548. The van der Waals surface area contributed by atoms with E-state index in [0.717, 1.165) is 24.5 Å². The summed E-state index contributed by atoms with van der Waals surface area (Å²) in [6, 6.07) is 7.67. The predicted molar refractivity (Wildman–Crippen MR) is 69.1 cm³/mol. The van der Waals surface area contributed by atoms with Crippen molar-refractivity contribution in [3.8, 4) is 11.5 Å². The van der Waals surface area contributed by atoms with Crippen LogP contribution in [0.1, 0.15) is 20.3 Å². The van der Waals surface area contributed by atoms with Gasteiger partial charge in [-0.25, -0.2) is 0 Å². The minimum atomic E-state index is 0.548. The molecule has 96 valence electrons. The number of benzene rings is 1. The van der Waals surface area contributed by atoms with E-state index in [0.29, 0.717) is 19.1 Å². The van der Waals surface area contributed by atoms with Crippen LogP contribution in [-0.2, 0) is 0 Å². The van der Waals surface area contributed by atoms with E-state index in [1.807, 2.05) is 24.3 Å². The molecule has 0 bridgehead atoms. The summed E-state index contributed by atoms with van der Waals surface area (Å²) in [5.41, 5.74) is 2.54. The summed E-state index contributed by atoms with van der Waals surface area (Å²) >= 11 is 0. The summed E-state index contributed by atoms with van der Waals surface area (Å²) in [5, 5.41) is 0. The Morgan fingerprint density at radius 1 is 1.18 bits per heavy atom. The van der Waals surface area contributed by atoms with Gasteiger partial charge in [0.1, 0.15) is 18.1 Å². The zero-order chi connectivity index (χ0) is 12.5. The van der Waals surface area contributed by atoms with Crippen molar-refractivity contribution in [3.05, 3.63) is 24.3 Å². The van der Waals surface area contributed by atoms with Crippen molar-refractivity contribution in [2.45, 2.75) is 20.3 Å². The average molecular weight is 238 g/mol. The normalized spacial score (nSPS) is 10.6. The molecular formula is C13H22N2O2. The van der Waals surface area contributed by atoms with E-state index in [1.54, 1.807) is 0 Å². The van der Waals surface area contributed by atoms with Gasteiger partial charge < -0.3 is 9.47 Å². The van der Waals surface area contributed by atoms with Gasteiger partial charge in [-0.05, 0) is 24.5 Å². The lowest BCUT2D eigenvalue weighted by atomic mass is 10.1. The first-order valence-electron chi connectivity index (χ1n) is 6.01. The van der Waals surface area contributed by atoms with Gasteiger partial charge in [-0.2, -0.15) is 0 Å². The second-order valence-corrected chi connectivity index (χ2v) is 4.31. The number of hydrazine groups is 1. The van der Waals surface area contributed by atoms with Gasteiger partial charge >= 0.3 is 0 Å². The molecule has 4 nitrogen and oxygen atoms in total. The van der Waals surface area contributed by atoms with E-state index in [9.17, 15) is 0 Å². The first-order chi connectivity index (χ1) is 8.22. The van der Waals surface area contributed by atoms with Crippen LogP contribution in [0.5, 0.6) is 11.5 Å². The average Bonchev–Trinajstić information content (AvgIpc) is 2.29. The van der Waals surface area contributed by atoms with E-state index in [4.69, 9.17) is 15.3 Å². The number of nitrogens with one attached hydrogen (secondary N) is 1. The van der Waals surface area contributed by atoms with Crippen molar-refractivity contribution in [2.24, 2.45) is 11.8 Å². The molecule has 0 aromatic heterocycles. The molecule has 4 heteroatoms. The Hall–Kier alpha value is -1.26. The molecule has 0 aliphatic rings. The fraction of sp³-hybridized carbons (Fsp3) is 0.538. The number of hydrogen-bond acceptors (Lipinski definition) is 4. The van der Waals surface area contributed by atoms with Crippen molar-refractivity contribution < 1.29 is 9.47 Å². The second kappa shape index (κ2) is 7.92. The molecule has 0 saturated heterocycles. The molecule has 0 unspecified atom stereocenters. The lowest BCUT2D eigenvalue weighted by Crippen LogP contribution is -2.27. The molecule has 0 saturated carbocycles. The summed E-state index contributed by atoms with van der Waals surface area (Å²) in [7, 11) is 0. The Morgan fingerprint density at radius 3 is 2.41 bits per heavy atom. The van der Waals surface area contributed by atoms with Gasteiger partial charge in [0.05, 0.1) is 6.61 Å². The van der Waals surface area contributed by atoms with E-state index >= 15 is 0 Å². The van der Waals surface area contributed by atoms with Gasteiger partial charge in [0.15, 0.2) is 0 Å². The molecule has 3 N–H and O–H groups in total. The molecule has 1 aromatic carbocycles. The zero-order valence-electron chi connectivity index (χ0n) is 10.6. The summed E-state index contributed by atoms with van der Waals surface area (Å²) in [6.45, 7) is 6.28. The molecule has 0 heterocycles. The van der Waals surface area contributed by atoms with Gasteiger partial charge in [-0.3, -0.25) is 11.3 Å². The van der Waals surface area contributed by atoms with Crippen LogP contribution in [-0.4, -0.2) is 19.8 Å². The lowest BCUT2D eigenvalue weighted by molar-refractivity contribution is 0.283. The quantitative estimate of drug-likeness (QED) is 0.413. The highest BCUT2D eigenvalue weighted by atomic mass is 16.5. The predicted octanol–water partition coefficient (Wildman–Crippen LogP) is 1.95. The molecule has 0 fully saturated rings. The fourth-order valence-corrected chi connectivity index (χ4v) is 1.29. The minimum Gasteiger partial charge on any atom is -0.493 e. The molecule has 1 rings (SSSR count). The largest absolute Gasteiger partial charge is 0.493 e. The Bertz CT molecular complexity index is 316. The molecule has 0 spiro atoms. The number of hydrogen-bond donors (Lipinski definition) is 2. The van der Waals surface area contributed by atoms with Crippen LogP contribution >= 0.6 is 0 Å². The van der Waals surface area contributed by atoms with Crippen LogP contribution in [0.15, 0.2) is 24.3 Å². The van der Waals surface area contributed by atoms with Gasteiger partial charge in [0, 0.05) is 12.6 Å². The van der Waals surface area contributed by atoms with Gasteiger partial charge in [-0.1, -0.05) is 19.9 Å². The van der Waals surface area contributed by atoms with Crippen LogP contribution in [0.25, 0.3) is 0 Å². The SMILES string of the molecule is CC(C)CCOc1cccc(OCCNN)c1. The lowest BCUT2D eigenvalue weighted by Gasteiger charge is -2.10. The highest BCUT2D eigenvalue weighted by molar-refractivity contribution is 5.32. The van der Waals surface area contributed by atoms with E-state index < -0.39 is 0 Å². The van der Waals surface area contributed by atoms with E-state index in [2.05, 4.69) is 19.3 Å². The number of rotatable bonds is 8. The number of nitrogens with two attached hydrogens (primary N) is 1. The second-order valence-electron chi connectivity index (χ2n) is 4.31. The summed E-state index contributed by atoms with van der Waals surface area (Å²) in [5.74, 6) is 7.48. The highest BCUT2D eigenvalue weighted by Gasteiger charge is 1.99. The third-order valence-electron chi connectivity index (χ3n) is 2.28. The van der Waals surface area contributed by atoms with Crippen LogP contribution < -0.4 is 20.7 Å². The third kappa shape index (κ3) is 6.14. The number of ether oxygens (including phenoxy) is 2. The van der Waals surface area contributed by atoms with Crippen molar-refractivity contribution in [2.75, 3.05) is 19.8 Å². The topological polar surface area (TPSA) is 56.5 Å². The smallest absolute Gasteiger partial charge is 0.123 e. The van der Waals surface area contributed by atoms with Crippen LogP contribution in [0.4, 0.5) is 0 Å². The zero-order valence-corrected chi connectivity index (χ0v) is 10.6. The first kappa shape index (κ1) is 13.8. The molecule has 0 amide bonds.